The van der Waals surface area contributed by atoms with Gasteiger partial charge in [-0.25, -0.2) is 0 Å². The first-order chi connectivity index (χ1) is 22.0. The number of nitrogens with zero attached hydrogens (tertiary/aromatic N) is 4. The van der Waals surface area contributed by atoms with Gasteiger partial charge in [-0.2, -0.15) is 0 Å². The van der Waals surface area contributed by atoms with E-state index in [-0.39, 0.29) is 0 Å². The van der Waals surface area contributed by atoms with Crippen molar-refractivity contribution in [2.45, 2.75) is 178 Å². The van der Waals surface area contributed by atoms with E-state index in [9.17, 15) is 0 Å². The van der Waals surface area contributed by atoms with Gasteiger partial charge in [0.05, 0.1) is 0 Å². The van der Waals surface area contributed by atoms with E-state index in [0.29, 0.717) is 5.41 Å². The molecule has 46 heavy (non-hydrogen) atoms. The van der Waals surface area contributed by atoms with Crippen LogP contribution >= 0.6 is 0 Å². The lowest BCUT2D eigenvalue weighted by atomic mass is 9.60. The second kappa shape index (κ2) is 21.8. The lowest BCUT2D eigenvalue weighted by Crippen LogP contribution is -2.53. The molecule has 2 aliphatic carbocycles. The van der Waals surface area contributed by atoms with Crippen LogP contribution < -0.4 is 0 Å². The van der Waals surface area contributed by atoms with Gasteiger partial charge in [-0.15, -0.1) is 0 Å². The molecule has 0 N–H and O–H groups in total. The van der Waals surface area contributed by atoms with E-state index in [1.54, 1.807) is 0 Å². The predicted octanol–water partition coefficient (Wildman–Crippen LogP) is 10.6. The molecule has 2 saturated carbocycles. The molecule has 0 amide bonds. The maximum atomic E-state index is 2.61. The van der Waals surface area contributed by atoms with E-state index in [2.05, 4.69) is 68.4 Å². The Balaban J connectivity index is 0.000000286. The molecular weight excluding hydrogens is 560 g/mol. The predicted molar refractivity (Wildman–Crippen MR) is 208 cm³/mol. The van der Waals surface area contributed by atoms with Crippen LogP contribution in [0, 0.1) is 34.5 Å². The van der Waals surface area contributed by atoms with Crippen LogP contribution in [0.3, 0.4) is 0 Å². The quantitative estimate of drug-likeness (QED) is 0.259. The van der Waals surface area contributed by atoms with Crippen molar-refractivity contribution in [2.24, 2.45) is 34.5 Å². The highest BCUT2D eigenvalue weighted by molar-refractivity contribution is 4.97. The van der Waals surface area contributed by atoms with Gasteiger partial charge in [0.1, 0.15) is 0 Å². The number of hydrogen-bond acceptors (Lipinski definition) is 4. The Bertz CT molecular complexity index is 744. The van der Waals surface area contributed by atoms with Crippen LogP contribution in [-0.4, -0.2) is 98.1 Å². The van der Waals surface area contributed by atoms with Gasteiger partial charge in [-0.05, 0) is 146 Å². The fraction of sp³-hybridized carbons (Fsp3) is 1.00. The van der Waals surface area contributed by atoms with Gasteiger partial charge < -0.3 is 19.6 Å². The molecule has 0 radical (unpaired) electrons. The monoisotopic (exact) mass is 649 g/mol. The fourth-order valence-corrected chi connectivity index (χ4v) is 10.4. The van der Waals surface area contributed by atoms with E-state index in [1.807, 2.05) is 55.4 Å². The minimum atomic E-state index is 0.684. The molecule has 9 heterocycles. The SMILES string of the molecule is CC.CC.CC.CC.CC1CCC2CCC1N2C.CC1CN2CCC1CC2.CN1CC2(C)CCC1CC2.CN1CC2CC(C)(C2)C1. The Kier molecular flexibility index (Phi) is 20.8. The number of rotatable bonds is 0. The highest BCUT2D eigenvalue weighted by Crippen LogP contribution is 2.49. The first-order valence-corrected chi connectivity index (χ1v) is 20.9. The minimum absolute atomic E-state index is 0.684. The van der Waals surface area contributed by atoms with Crippen molar-refractivity contribution in [2.75, 3.05) is 60.4 Å². The molecule has 0 spiro atoms. The molecule has 11 fully saturated rings. The third kappa shape index (κ3) is 12.6. The van der Waals surface area contributed by atoms with Crippen LogP contribution in [0.25, 0.3) is 0 Å². The maximum absolute atomic E-state index is 2.61. The summed E-state index contributed by atoms with van der Waals surface area (Å²) in [6, 6.07) is 2.81. The Morgan fingerprint density at radius 3 is 1.41 bits per heavy atom. The van der Waals surface area contributed by atoms with Crippen LogP contribution in [0.4, 0.5) is 0 Å². The summed E-state index contributed by atoms with van der Waals surface area (Å²) < 4.78 is 0. The molecule has 4 atom stereocenters. The first-order valence-electron chi connectivity index (χ1n) is 20.9. The second-order valence-electron chi connectivity index (χ2n) is 16.4. The highest BCUT2D eigenvalue weighted by Gasteiger charge is 2.45. The molecular formula is C42H88N4. The molecule has 0 aromatic rings. The van der Waals surface area contributed by atoms with Crippen molar-refractivity contribution in [3.05, 3.63) is 0 Å². The summed E-state index contributed by atoms with van der Waals surface area (Å²) in [6.07, 6.45) is 17.6. The lowest BCUT2D eigenvalue weighted by molar-refractivity contribution is -0.0359. The van der Waals surface area contributed by atoms with E-state index in [0.717, 1.165) is 47.2 Å². The molecule has 11 aliphatic rings. The zero-order valence-corrected chi connectivity index (χ0v) is 34.6. The zero-order chi connectivity index (χ0) is 35.1. The normalized spacial score (nSPS) is 41.0. The third-order valence-electron chi connectivity index (χ3n) is 12.7. The summed E-state index contributed by atoms with van der Waals surface area (Å²) in [4.78, 5) is 10.2. The van der Waals surface area contributed by atoms with Crippen molar-refractivity contribution < 1.29 is 0 Å². The highest BCUT2D eigenvalue weighted by atomic mass is 15.2. The minimum Gasteiger partial charge on any atom is -0.306 e. The van der Waals surface area contributed by atoms with Crippen LogP contribution in [-0.2, 0) is 0 Å². The third-order valence-corrected chi connectivity index (χ3v) is 12.7. The van der Waals surface area contributed by atoms with Crippen LogP contribution in [0.2, 0.25) is 0 Å². The van der Waals surface area contributed by atoms with Crippen molar-refractivity contribution in [3.63, 3.8) is 0 Å². The van der Waals surface area contributed by atoms with E-state index in [1.165, 1.54) is 116 Å². The Labute approximate surface area is 292 Å². The standard InChI is InChI=1S/2C9H17N.2C8H15N.4C2H6/c1-9-5-3-8(4-6-9)10(2)7-9;1-7-3-4-8-5-6-9(7)10(8)2;1-8-3-7(4-8)5-9(2)6-8;1-7-6-9-4-2-8(7)3-5-9;4*1-2/h8H,3-7H2,1-2H3;7-9H,3-6H2,1-2H3;7H,3-6H2,1-2H3;7-8H,2-6H2,1H3;4*1-2H3. The molecule has 4 nitrogen and oxygen atoms in total. The summed E-state index contributed by atoms with van der Waals surface area (Å²) in [6.45, 7) is 33.8. The summed E-state index contributed by atoms with van der Waals surface area (Å²) in [5, 5.41) is 0. The van der Waals surface area contributed by atoms with E-state index in [4.69, 9.17) is 0 Å². The molecule has 4 unspecified atom stereocenters. The molecule has 9 aliphatic heterocycles. The van der Waals surface area contributed by atoms with Gasteiger partial charge in [0.2, 0.25) is 0 Å². The van der Waals surface area contributed by atoms with Gasteiger partial charge >= 0.3 is 0 Å². The van der Waals surface area contributed by atoms with Crippen molar-refractivity contribution in [1.29, 1.82) is 0 Å². The average Bonchev–Trinajstić information content (AvgIpc) is 3.32. The molecule has 276 valence electrons. The Hall–Kier alpha value is -0.160. The van der Waals surface area contributed by atoms with Gasteiger partial charge in [-0.1, -0.05) is 83.1 Å². The number of piperidine rings is 8. The van der Waals surface area contributed by atoms with Crippen LogP contribution in [0.1, 0.15) is 160 Å². The van der Waals surface area contributed by atoms with Gasteiger partial charge in [0.15, 0.2) is 0 Å². The molecule has 9 saturated heterocycles. The summed E-state index contributed by atoms with van der Waals surface area (Å²) in [7, 11) is 6.82. The topological polar surface area (TPSA) is 13.0 Å². The van der Waals surface area contributed by atoms with Gasteiger partial charge in [0.25, 0.3) is 0 Å². The van der Waals surface area contributed by atoms with Crippen molar-refractivity contribution in [3.8, 4) is 0 Å². The fourth-order valence-electron chi connectivity index (χ4n) is 10.4. The molecule has 8 bridgehead atoms. The molecule has 0 aromatic heterocycles. The smallest absolute Gasteiger partial charge is 0.0121 e. The Morgan fingerprint density at radius 2 is 1.09 bits per heavy atom. The summed E-state index contributed by atoms with van der Waals surface area (Å²) in [5.41, 5.74) is 1.40. The molecule has 11 rings (SSSR count). The molecule has 4 heteroatoms. The average molecular weight is 649 g/mol. The summed E-state index contributed by atoms with van der Waals surface area (Å²) in [5.74, 6) is 4.08. The summed E-state index contributed by atoms with van der Waals surface area (Å²) >= 11 is 0. The van der Waals surface area contributed by atoms with Crippen molar-refractivity contribution >= 4 is 0 Å². The van der Waals surface area contributed by atoms with E-state index >= 15 is 0 Å². The van der Waals surface area contributed by atoms with Crippen LogP contribution in [0.15, 0.2) is 0 Å². The maximum Gasteiger partial charge on any atom is 0.0121 e. The van der Waals surface area contributed by atoms with E-state index < -0.39 is 0 Å². The largest absolute Gasteiger partial charge is 0.306 e. The zero-order valence-electron chi connectivity index (χ0n) is 34.6. The Morgan fingerprint density at radius 1 is 0.543 bits per heavy atom. The second-order valence-corrected chi connectivity index (χ2v) is 16.4. The molecule has 0 aromatic carbocycles. The number of hydrogen-bond donors (Lipinski definition) is 0. The van der Waals surface area contributed by atoms with Crippen LogP contribution in [0.5, 0.6) is 0 Å². The van der Waals surface area contributed by atoms with Gasteiger partial charge in [0, 0.05) is 44.3 Å². The number of fused-ring (bicyclic) bond motifs is 10. The lowest BCUT2D eigenvalue weighted by Gasteiger charge is -2.54. The first kappa shape index (κ1) is 43.9. The van der Waals surface area contributed by atoms with Crippen molar-refractivity contribution in [1.82, 2.24) is 19.6 Å². The van der Waals surface area contributed by atoms with Gasteiger partial charge in [-0.3, -0.25) is 0 Å².